The predicted octanol–water partition coefficient (Wildman–Crippen LogP) is 3.80. The summed E-state index contributed by atoms with van der Waals surface area (Å²) in [5.74, 6) is 1.37. The minimum absolute atomic E-state index is 0.348. The van der Waals surface area contributed by atoms with Crippen LogP contribution in [0.4, 0.5) is 5.69 Å². The molecule has 2 N–H and O–H groups in total. The Morgan fingerprint density at radius 3 is 2.83 bits per heavy atom. The van der Waals surface area contributed by atoms with Crippen LogP contribution in [0.3, 0.4) is 0 Å². The van der Waals surface area contributed by atoms with Crippen molar-refractivity contribution in [1.82, 2.24) is 4.98 Å². The molecule has 0 radical (unpaired) electrons. The molecule has 0 aromatic carbocycles. The number of nitrogens with zero attached hydrogens (tertiary/aromatic N) is 2. The first kappa shape index (κ1) is 14.9. The molecule has 2 unspecified atom stereocenters. The van der Waals surface area contributed by atoms with E-state index in [4.69, 9.17) is 5.73 Å². The average molecular weight is 329 g/mol. The van der Waals surface area contributed by atoms with Crippen molar-refractivity contribution in [3.8, 4) is 0 Å². The Balaban J connectivity index is 1.65. The summed E-state index contributed by atoms with van der Waals surface area (Å²) in [5, 5.41) is 1.13. The summed E-state index contributed by atoms with van der Waals surface area (Å²) in [7, 11) is 0. The first-order chi connectivity index (χ1) is 11.2. The molecule has 122 valence electrons. The van der Waals surface area contributed by atoms with Crippen LogP contribution < -0.4 is 10.6 Å². The molecule has 1 aliphatic carbocycles. The van der Waals surface area contributed by atoms with Crippen molar-refractivity contribution < 1.29 is 4.79 Å². The average Bonchev–Trinajstić information content (AvgIpc) is 2.86. The molecular formula is C18H23N3OS. The van der Waals surface area contributed by atoms with Crippen LogP contribution in [-0.2, 0) is 0 Å². The third-order valence-corrected chi connectivity index (χ3v) is 6.63. The van der Waals surface area contributed by atoms with Crippen LogP contribution in [0.15, 0.2) is 18.5 Å². The summed E-state index contributed by atoms with van der Waals surface area (Å²) < 4.78 is 1.05. The number of aromatic nitrogens is 1. The lowest BCUT2D eigenvalue weighted by atomic mass is 9.82. The third-order valence-electron chi connectivity index (χ3n) is 5.55. The molecule has 0 bridgehead atoms. The zero-order valence-electron chi connectivity index (χ0n) is 13.3. The summed E-state index contributed by atoms with van der Waals surface area (Å²) in [6.07, 6.45) is 12.0. The monoisotopic (exact) mass is 329 g/mol. The van der Waals surface area contributed by atoms with Gasteiger partial charge < -0.3 is 10.6 Å². The van der Waals surface area contributed by atoms with Crippen LogP contribution in [0, 0.1) is 11.8 Å². The first-order valence-corrected chi connectivity index (χ1v) is 9.46. The van der Waals surface area contributed by atoms with Crippen LogP contribution in [-0.4, -0.2) is 24.0 Å². The number of carbonyl (C=O) groups excluding carboxylic acids is 1. The second-order valence-corrected chi connectivity index (χ2v) is 8.02. The van der Waals surface area contributed by atoms with Crippen molar-refractivity contribution in [2.24, 2.45) is 17.6 Å². The Morgan fingerprint density at radius 1 is 1.17 bits per heavy atom. The second kappa shape index (κ2) is 6.11. The summed E-state index contributed by atoms with van der Waals surface area (Å²) in [6, 6.07) is 1.94. The topological polar surface area (TPSA) is 59.2 Å². The van der Waals surface area contributed by atoms with Crippen molar-refractivity contribution in [2.45, 2.75) is 38.5 Å². The van der Waals surface area contributed by atoms with Gasteiger partial charge in [0.15, 0.2) is 0 Å². The quantitative estimate of drug-likeness (QED) is 0.911. The molecule has 2 aliphatic rings. The van der Waals surface area contributed by atoms with E-state index >= 15 is 0 Å². The van der Waals surface area contributed by atoms with Crippen LogP contribution in [0.25, 0.3) is 10.1 Å². The Morgan fingerprint density at radius 2 is 2.00 bits per heavy atom. The number of primary amides is 1. The number of hydrogen-bond donors (Lipinski definition) is 1. The molecule has 1 saturated carbocycles. The number of anilines is 1. The van der Waals surface area contributed by atoms with E-state index < -0.39 is 0 Å². The van der Waals surface area contributed by atoms with E-state index in [1.807, 2.05) is 18.5 Å². The Kier molecular flexibility index (Phi) is 3.97. The van der Waals surface area contributed by atoms with Gasteiger partial charge in [0.25, 0.3) is 5.91 Å². The molecule has 1 amide bonds. The summed E-state index contributed by atoms with van der Waals surface area (Å²) in [4.78, 5) is 19.0. The highest BCUT2D eigenvalue weighted by Gasteiger charge is 2.31. The summed E-state index contributed by atoms with van der Waals surface area (Å²) >= 11 is 1.45. The van der Waals surface area contributed by atoms with Gasteiger partial charge in [-0.1, -0.05) is 25.7 Å². The molecule has 23 heavy (non-hydrogen) atoms. The van der Waals surface area contributed by atoms with Crippen molar-refractivity contribution in [3.05, 3.63) is 23.3 Å². The zero-order chi connectivity index (χ0) is 15.8. The number of fused-ring (bicyclic) bond motifs is 2. The number of pyridine rings is 1. The Hall–Kier alpha value is -1.62. The molecule has 2 atom stereocenters. The van der Waals surface area contributed by atoms with Crippen molar-refractivity contribution in [1.29, 1.82) is 0 Å². The zero-order valence-corrected chi connectivity index (χ0v) is 14.1. The maximum absolute atomic E-state index is 11.5. The minimum atomic E-state index is -0.348. The highest BCUT2D eigenvalue weighted by molar-refractivity contribution is 7.20. The van der Waals surface area contributed by atoms with Crippen molar-refractivity contribution in [3.63, 3.8) is 0 Å². The lowest BCUT2D eigenvalue weighted by molar-refractivity contribution is 0.100. The largest absolute Gasteiger partial charge is 0.369 e. The number of carbonyl (C=O) groups is 1. The van der Waals surface area contributed by atoms with Crippen LogP contribution in [0.2, 0.25) is 0 Å². The van der Waals surface area contributed by atoms with E-state index in [0.717, 1.165) is 35.0 Å². The predicted molar refractivity (Wildman–Crippen MR) is 95.0 cm³/mol. The highest BCUT2D eigenvalue weighted by atomic mass is 32.1. The smallest absolute Gasteiger partial charge is 0.258 e. The second-order valence-electron chi connectivity index (χ2n) is 6.94. The normalized spacial score (nSPS) is 25.1. The molecule has 1 aliphatic heterocycles. The van der Waals surface area contributed by atoms with E-state index in [0.29, 0.717) is 4.88 Å². The molecule has 2 aromatic heterocycles. The van der Waals surface area contributed by atoms with Crippen LogP contribution in [0.5, 0.6) is 0 Å². The van der Waals surface area contributed by atoms with E-state index in [9.17, 15) is 4.79 Å². The number of hydrogen-bond acceptors (Lipinski definition) is 4. The lowest BCUT2D eigenvalue weighted by Crippen LogP contribution is -2.40. The van der Waals surface area contributed by atoms with E-state index in [-0.39, 0.29) is 5.91 Å². The van der Waals surface area contributed by atoms with Gasteiger partial charge >= 0.3 is 0 Å². The van der Waals surface area contributed by atoms with Gasteiger partial charge in [-0.05, 0) is 30.7 Å². The van der Waals surface area contributed by atoms with E-state index in [1.165, 1.54) is 55.5 Å². The molecule has 2 fully saturated rings. The SMILES string of the molecule is NC(=O)c1cc2c(N3CCC4CCCCCC4C3)cncc2s1. The fourth-order valence-corrected chi connectivity index (χ4v) is 5.22. The fourth-order valence-electron chi connectivity index (χ4n) is 4.32. The van der Waals surface area contributed by atoms with Crippen molar-refractivity contribution >= 4 is 33.0 Å². The molecule has 0 spiro atoms. The van der Waals surface area contributed by atoms with Gasteiger partial charge in [-0.25, -0.2) is 0 Å². The van der Waals surface area contributed by atoms with Gasteiger partial charge in [0.1, 0.15) is 0 Å². The van der Waals surface area contributed by atoms with Gasteiger partial charge in [-0.15, -0.1) is 11.3 Å². The number of piperidine rings is 1. The lowest BCUT2D eigenvalue weighted by Gasteiger charge is -2.39. The van der Waals surface area contributed by atoms with Gasteiger partial charge in [0.2, 0.25) is 0 Å². The third kappa shape index (κ3) is 2.82. The first-order valence-electron chi connectivity index (χ1n) is 8.64. The van der Waals surface area contributed by atoms with Gasteiger partial charge in [0.05, 0.1) is 21.5 Å². The summed E-state index contributed by atoms with van der Waals surface area (Å²) in [5.41, 5.74) is 6.62. The molecule has 3 heterocycles. The Labute approximate surface area is 140 Å². The molecule has 4 nitrogen and oxygen atoms in total. The molecular weight excluding hydrogens is 306 g/mol. The molecule has 2 aromatic rings. The van der Waals surface area contributed by atoms with Gasteiger partial charge in [-0.2, -0.15) is 0 Å². The highest BCUT2D eigenvalue weighted by Crippen LogP contribution is 2.39. The molecule has 4 rings (SSSR count). The van der Waals surface area contributed by atoms with E-state index in [2.05, 4.69) is 9.88 Å². The molecule has 1 saturated heterocycles. The van der Waals surface area contributed by atoms with E-state index in [1.54, 1.807) is 0 Å². The summed E-state index contributed by atoms with van der Waals surface area (Å²) in [6.45, 7) is 2.23. The number of amides is 1. The standard InChI is InChI=1S/C18H23N3OS/c19-18(22)16-8-14-15(9-20-10-17(14)23-16)21-7-6-12-4-2-1-3-5-13(12)11-21/h8-10,12-13H,1-7,11H2,(H2,19,22). The van der Waals surface area contributed by atoms with Gasteiger partial charge in [-0.3, -0.25) is 9.78 Å². The van der Waals surface area contributed by atoms with Crippen LogP contribution in [0.1, 0.15) is 48.2 Å². The number of rotatable bonds is 2. The molecule has 5 heteroatoms. The van der Waals surface area contributed by atoms with Crippen LogP contribution >= 0.6 is 11.3 Å². The fraction of sp³-hybridized carbons (Fsp3) is 0.556. The maximum atomic E-state index is 11.5. The van der Waals surface area contributed by atoms with Crippen molar-refractivity contribution in [2.75, 3.05) is 18.0 Å². The maximum Gasteiger partial charge on any atom is 0.258 e. The Bertz CT molecular complexity index is 726. The number of thiophene rings is 1. The minimum Gasteiger partial charge on any atom is -0.369 e. The number of nitrogens with two attached hydrogens (primary N) is 1. The van der Waals surface area contributed by atoms with Gasteiger partial charge in [0, 0.05) is 24.7 Å².